The van der Waals surface area contributed by atoms with Crippen molar-refractivity contribution in [1.29, 1.82) is 0 Å². The van der Waals surface area contributed by atoms with Gasteiger partial charge in [0.2, 0.25) is 0 Å². The second-order valence-electron chi connectivity index (χ2n) is 4.17. The Morgan fingerprint density at radius 2 is 1.47 bits per heavy atom. The molecule has 0 bridgehead atoms. The van der Waals surface area contributed by atoms with Gasteiger partial charge in [-0.3, -0.25) is 9.09 Å². The lowest BCUT2D eigenvalue weighted by molar-refractivity contribution is 0.184. The minimum atomic E-state index is -3.27. The van der Waals surface area contributed by atoms with Crippen molar-refractivity contribution in [1.82, 2.24) is 0 Å². The third kappa shape index (κ3) is 3.32. The first kappa shape index (κ1) is 14.0. The summed E-state index contributed by atoms with van der Waals surface area (Å²) in [6, 6.07) is 18.7. The fourth-order valence-electron chi connectivity index (χ4n) is 1.81. The third-order valence-electron chi connectivity index (χ3n) is 2.88. The largest absolute Gasteiger partial charge is 0.361 e. The van der Waals surface area contributed by atoms with E-state index in [1.165, 1.54) is 7.11 Å². The molecule has 100 valence electrons. The van der Waals surface area contributed by atoms with E-state index in [0.717, 1.165) is 5.56 Å². The molecule has 19 heavy (non-hydrogen) atoms. The Morgan fingerprint density at radius 1 is 0.947 bits per heavy atom. The Kier molecular flexibility index (Phi) is 4.54. The van der Waals surface area contributed by atoms with Gasteiger partial charge in [0, 0.05) is 7.11 Å². The molecule has 0 radical (unpaired) electrons. The number of benzene rings is 2. The summed E-state index contributed by atoms with van der Waals surface area (Å²) in [4.78, 5) is 0. The van der Waals surface area contributed by atoms with Crippen molar-refractivity contribution in [3.8, 4) is 0 Å². The van der Waals surface area contributed by atoms with Crippen molar-refractivity contribution in [2.45, 2.75) is 13.0 Å². The van der Waals surface area contributed by atoms with Gasteiger partial charge in [0.25, 0.3) is 0 Å². The van der Waals surface area contributed by atoms with E-state index in [2.05, 4.69) is 0 Å². The predicted molar refractivity (Wildman–Crippen MR) is 76.6 cm³/mol. The Balaban J connectivity index is 2.22. The van der Waals surface area contributed by atoms with Crippen molar-refractivity contribution in [3.05, 3.63) is 66.2 Å². The van der Waals surface area contributed by atoms with E-state index in [1.807, 2.05) is 55.5 Å². The monoisotopic (exact) mass is 276 g/mol. The Bertz CT molecular complexity index is 554. The Hall–Kier alpha value is -1.41. The summed E-state index contributed by atoms with van der Waals surface area (Å²) in [5.41, 5.74) is 0.968. The van der Waals surface area contributed by atoms with Gasteiger partial charge in [-0.05, 0) is 24.6 Å². The lowest BCUT2D eigenvalue weighted by atomic mass is 10.1. The highest BCUT2D eigenvalue weighted by Gasteiger charge is 2.28. The van der Waals surface area contributed by atoms with Gasteiger partial charge in [0.05, 0.1) is 11.4 Å². The maximum atomic E-state index is 12.7. The molecule has 3 nitrogen and oxygen atoms in total. The zero-order valence-electron chi connectivity index (χ0n) is 11.0. The van der Waals surface area contributed by atoms with Crippen LogP contribution in [0.3, 0.4) is 0 Å². The molecule has 2 aromatic carbocycles. The van der Waals surface area contributed by atoms with Crippen LogP contribution in [-0.4, -0.2) is 7.11 Å². The highest BCUT2D eigenvalue weighted by atomic mass is 31.2. The highest BCUT2D eigenvalue weighted by Crippen LogP contribution is 2.49. The van der Waals surface area contributed by atoms with Gasteiger partial charge < -0.3 is 4.52 Å². The molecule has 2 atom stereocenters. The molecule has 0 N–H and O–H groups in total. The number of hydrogen-bond donors (Lipinski definition) is 0. The topological polar surface area (TPSA) is 35.5 Å². The summed E-state index contributed by atoms with van der Waals surface area (Å²) in [6.07, 6.45) is -0.299. The molecule has 0 fully saturated rings. The molecule has 2 rings (SSSR count). The van der Waals surface area contributed by atoms with E-state index in [4.69, 9.17) is 9.05 Å². The fraction of sp³-hybridized carbons (Fsp3) is 0.200. The highest BCUT2D eigenvalue weighted by molar-refractivity contribution is 7.62. The molecule has 0 heterocycles. The van der Waals surface area contributed by atoms with Gasteiger partial charge >= 0.3 is 7.60 Å². The molecule has 0 aromatic heterocycles. The molecule has 0 spiro atoms. The molecule has 0 amide bonds. The lowest BCUT2D eigenvalue weighted by Crippen LogP contribution is -2.10. The summed E-state index contributed by atoms with van der Waals surface area (Å²) in [6.45, 7) is 1.87. The summed E-state index contributed by atoms with van der Waals surface area (Å²) in [7, 11) is -1.87. The normalized spacial score (nSPS) is 15.7. The van der Waals surface area contributed by atoms with Gasteiger partial charge in [0.15, 0.2) is 0 Å². The van der Waals surface area contributed by atoms with Gasteiger partial charge in [-0.15, -0.1) is 0 Å². The van der Waals surface area contributed by atoms with Crippen LogP contribution in [0.1, 0.15) is 18.6 Å². The number of hydrogen-bond acceptors (Lipinski definition) is 3. The first-order valence-corrected chi connectivity index (χ1v) is 7.65. The molecule has 0 aliphatic heterocycles. The SMILES string of the molecule is COP(=O)(OC(C)c1ccccc1)c1ccccc1. The van der Waals surface area contributed by atoms with Crippen LogP contribution in [0, 0.1) is 0 Å². The molecule has 0 saturated heterocycles. The molecule has 0 aliphatic carbocycles. The fourth-order valence-corrected chi connectivity index (χ4v) is 3.31. The number of rotatable bonds is 5. The minimum Gasteiger partial charge on any atom is -0.309 e. The maximum Gasteiger partial charge on any atom is 0.361 e. The van der Waals surface area contributed by atoms with Gasteiger partial charge in [-0.1, -0.05) is 48.5 Å². The summed E-state index contributed by atoms with van der Waals surface area (Å²) >= 11 is 0. The summed E-state index contributed by atoms with van der Waals surface area (Å²) in [5, 5.41) is 0.570. The van der Waals surface area contributed by atoms with Gasteiger partial charge in [-0.25, -0.2) is 0 Å². The molecule has 0 saturated carbocycles. The zero-order chi connectivity index (χ0) is 13.7. The van der Waals surface area contributed by atoms with E-state index in [0.29, 0.717) is 5.30 Å². The minimum absolute atomic E-state index is 0.299. The first-order chi connectivity index (χ1) is 9.15. The molecule has 2 aromatic rings. The standard InChI is InChI=1S/C15H17O3P/c1-13(14-9-5-3-6-10-14)18-19(16,17-2)15-11-7-4-8-12-15/h3-13H,1-2H3. The van der Waals surface area contributed by atoms with Crippen molar-refractivity contribution >= 4 is 12.9 Å². The van der Waals surface area contributed by atoms with Crippen molar-refractivity contribution in [3.63, 3.8) is 0 Å². The smallest absolute Gasteiger partial charge is 0.309 e. The van der Waals surface area contributed by atoms with Crippen LogP contribution in [0.2, 0.25) is 0 Å². The third-order valence-corrected chi connectivity index (χ3v) is 4.88. The maximum absolute atomic E-state index is 12.7. The zero-order valence-corrected chi connectivity index (χ0v) is 11.9. The van der Waals surface area contributed by atoms with Crippen molar-refractivity contribution in [2.75, 3.05) is 7.11 Å². The molecular weight excluding hydrogens is 259 g/mol. The Labute approximate surface area is 113 Å². The van der Waals surface area contributed by atoms with E-state index in [-0.39, 0.29) is 6.10 Å². The van der Waals surface area contributed by atoms with Crippen LogP contribution >= 0.6 is 7.60 Å². The van der Waals surface area contributed by atoms with Crippen LogP contribution in [0.5, 0.6) is 0 Å². The van der Waals surface area contributed by atoms with E-state index in [1.54, 1.807) is 12.1 Å². The first-order valence-electron chi connectivity index (χ1n) is 6.10. The predicted octanol–water partition coefficient (Wildman–Crippen LogP) is 3.93. The second-order valence-corrected chi connectivity index (χ2v) is 6.26. The van der Waals surface area contributed by atoms with Gasteiger partial charge in [-0.2, -0.15) is 0 Å². The van der Waals surface area contributed by atoms with Crippen LogP contribution in [0.15, 0.2) is 60.7 Å². The quantitative estimate of drug-likeness (QED) is 0.776. The molecular formula is C15H17O3P. The lowest BCUT2D eigenvalue weighted by Gasteiger charge is -2.21. The van der Waals surface area contributed by atoms with Crippen molar-refractivity contribution < 1.29 is 13.6 Å². The van der Waals surface area contributed by atoms with Crippen molar-refractivity contribution in [2.24, 2.45) is 0 Å². The molecule has 2 unspecified atom stereocenters. The van der Waals surface area contributed by atoms with Crippen LogP contribution in [-0.2, 0) is 13.6 Å². The summed E-state index contributed by atoms with van der Waals surface area (Å²) < 4.78 is 23.6. The van der Waals surface area contributed by atoms with Gasteiger partial charge in [0.1, 0.15) is 0 Å². The van der Waals surface area contributed by atoms with Crippen LogP contribution in [0.4, 0.5) is 0 Å². The van der Waals surface area contributed by atoms with Crippen LogP contribution in [0.25, 0.3) is 0 Å². The Morgan fingerprint density at radius 3 is 2.00 bits per heavy atom. The van der Waals surface area contributed by atoms with E-state index < -0.39 is 7.60 Å². The second kappa shape index (κ2) is 6.16. The molecule has 4 heteroatoms. The van der Waals surface area contributed by atoms with E-state index in [9.17, 15) is 4.57 Å². The average Bonchev–Trinajstić information content (AvgIpc) is 2.49. The summed E-state index contributed by atoms with van der Waals surface area (Å²) in [5.74, 6) is 0. The van der Waals surface area contributed by atoms with Crippen LogP contribution < -0.4 is 5.30 Å². The molecule has 0 aliphatic rings. The van der Waals surface area contributed by atoms with E-state index >= 15 is 0 Å². The average molecular weight is 276 g/mol.